The average molecular weight is 474 g/mol. The lowest BCUT2D eigenvalue weighted by Gasteiger charge is -2.43. The normalized spacial score (nSPS) is 24.6. The number of aromatic nitrogens is 2. The summed E-state index contributed by atoms with van der Waals surface area (Å²) in [7, 11) is 0. The fourth-order valence-corrected chi connectivity index (χ4v) is 5.73. The van der Waals surface area contributed by atoms with E-state index in [0.717, 1.165) is 37.8 Å². The highest BCUT2D eigenvalue weighted by molar-refractivity contribution is 5.94. The molecule has 0 aliphatic carbocycles. The molecule has 1 aromatic heterocycles. The van der Waals surface area contributed by atoms with Crippen molar-refractivity contribution in [1.82, 2.24) is 24.9 Å². The number of amides is 3. The standard InChI is InChI=1S/C25H39N5O4/c1-3-30-21(18-19(2)27-30)23(32)28-14-10-25(11-15-28)9-5-4-6-16-34-17-12-26-22(31)20-8-7-13-29(20)24(25)33/h18,20H,3-17H2,1-2H3,(H,26,31)/t20-/m0/s1. The van der Waals surface area contributed by atoms with Crippen molar-refractivity contribution in [3.63, 3.8) is 0 Å². The summed E-state index contributed by atoms with van der Waals surface area (Å²) in [6.45, 7) is 7.92. The highest BCUT2D eigenvalue weighted by Gasteiger charge is 2.47. The first-order valence-electron chi connectivity index (χ1n) is 13.0. The van der Waals surface area contributed by atoms with Crippen LogP contribution in [0.25, 0.3) is 0 Å². The highest BCUT2D eigenvalue weighted by atomic mass is 16.5. The molecule has 4 rings (SSSR count). The minimum Gasteiger partial charge on any atom is -0.380 e. The van der Waals surface area contributed by atoms with E-state index in [1.54, 1.807) is 4.68 Å². The van der Waals surface area contributed by atoms with Crippen LogP contribution >= 0.6 is 0 Å². The molecule has 0 radical (unpaired) electrons. The monoisotopic (exact) mass is 473 g/mol. The van der Waals surface area contributed by atoms with Crippen LogP contribution in [0.3, 0.4) is 0 Å². The summed E-state index contributed by atoms with van der Waals surface area (Å²) in [5, 5.41) is 7.37. The fraction of sp³-hybridized carbons (Fsp3) is 0.760. The van der Waals surface area contributed by atoms with Crippen molar-refractivity contribution in [2.24, 2.45) is 5.41 Å². The maximum absolute atomic E-state index is 14.0. The number of fused-ring (bicyclic) bond motifs is 1. The van der Waals surface area contributed by atoms with E-state index in [1.807, 2.05) is 29.7 Å². The van der Waals surface area contributed by atoms with E-state index in [9.17, 15) is 14.4 Å². The molecule has 4 heterocycles. The Morgan fingerprint density at radius 3 is 2.68 bits per heavy atom. The Hall–Kier alpha value is -2.42. The van der Waals surface area contributed by atoms with Gasteiger partial charge in [0, 0.05) is 39.3 Å². The molecular weight excluding hydrogens is 434 g/mol. The van der Waals surface area contributed by atoms with Crippen molar-refractivity contribution in [3.8, 4) is 0 Å². The Kier molecular flexibility index (Phi) is 7.91. The Bertz CT molecular complexity index is 890. The number of hydrogen-bond acceptors (Lipinski definition) is 5. The molecule has 34 heavy (non-hydrogen) atoms. The molecule has 188 valence electrons. The number of nitrogens with one attached hydrogen (secondary N) is 1. The van der Waals surface area contributed by atoms with Gasteiger partial charge in [0.05, 0.1) is 17.7 Å². The van der Waals surface area contributed by atoms with Crippen LogP contribution < -0.4 is 5.32 Å². The third-order valence-corrected chi connectivity index (χ3v) is 7.69. The van der Waals surface area contributed by atoms with Crippen molar-refractivity contribution in [2.75, 3.05) is 39.4 Å². The molecule has 0 saturated carbocycles. The summed E-state index contributed by atoms with van der Waals surface area (Å²) in [5.74, 6) is 0.0266. The summed E-state index contributed by atoms with van der Waals surface area (Å²) < 4.78 is 7.41. The fourth-order valence-electron chi connectivity index (χ4n) is 5.73. The molecule has 0 bridgehead atoms. The lowest BCUT2D eigenvalue weighted by Crippen LogP contribution is -2.55. The maximum atomic E-state index is 14.0. The second-order valence-electron chi connectivity index (χ2n) is 9.93. The van der Waals surface area contributed by atoms with E-state index in [-0.39, 0.29) is 17.7 Å². The van der Waals surface area contributed by atoms with Gasteiger partial charge in [-0.25, -0.2) is 0 Å². The number of rotatable bonds is 2. The predicted molar refractivity (Wildman–Crippen MR) is 127 cm³/mol. The van der Waals surface area contributed by atoms with Crippen LogP contribution in [0.15, 0.2) is 6.07 Å². The highest BCUT2D eigenvalue weighted by Crippen LogP contribution is 2.41. The van der Waals surface area contributed by atoms with Gasteiger partial charge in [-0.3, -0.25) is 19.1 Å². The minimum absolute atomic E-state index is 0.0128. The van der Waals surface area contributed by atoms with Crippen molar-refractivity contribution < 1.29 is 19.1 Å². The van der Waals surface area contributed by atoms with Gasteiger partial charge in [-0.1, -0.05) is 12.8 Å². The Morgan fingerprint density at radius 2 is 1.91 bits per heavy atom. The molecule has 3 aliphatic heterocycles. The summed E-state index contributed by atoms with van der Waals surface area (Å²) in [6, 6.07) is 1.45. The zero-order valence-electron chi connectivity index (χ0n) is 20.7. The maximum Gasteiger partial charge on any atom is 0.272 e. The average Bonchev–Trinajstić information content (AvgIpc) is 3.48. The third-order valence-electron chi connectivity index (χ3n) is 7.69. The first-order chi connectivity index (χ1) is 16.4. The van der Waals surface area contributed by atoms with Crippen molar-refractivity contribution >= 4 is 17.7 Å². The molecular formula is C25H39N5O4. The Balaban J connectivity index is 1.51. The van der Waals surface area contributed by atoms with Gasteiger partial charge >= 0.3 is 0 Å². The number of hydrogen-bond donors (Lipinski definition) is 1. The molecule has 1 spiro atoms. The van der Waals surface area contributed by atoms with Crippen LogP contribution in [0.2, 0.25) is 0 Å². The van der Waals surface area contributed by atoms with Crippen LogP contribution in [-0.4, -0.2) is 82.7 Å². The Labute approximate surface area is 202 Å². The minimum atomic E-state index is -0.508. The van der Waals surface area contributed by atoms with E-state index >= 15 is 0 Å². The molecule has 3 amide bonds. The molecule has 3 aliphatic rings. The number of likely N-dealkylation sites (tertiary alicyclic amines) is 1. The number of aryl methyl sites for hydroxylation is 2. The van der Waals surface area contributed by atoms with Crippen molar-refractivity contribution in [3.05, 3.63) is 17.5 Å². The van der Waals surface area contributed by atoms with Crippen molar-refractivity contribution in [1.29, 1.82) is 0 Å². The van der Waals surface area contributed by atoms with Gasteiger partial charge < -0.3 is 19.9 Å². The first kappa shape index (κ1) is 24.7. The van der Waals surface area contributed by atoms with Crippen LogP contribution in [-0.2, 0) is 20.9 Å². The van der Waals surface area contributed by atoms with Crippen LogP contribution in [0, 0.1) is 12.3 Å². The summed E-state index contributed by atoms with van der Waals surface area (Å²) in [6.07, 6.45) is 6.55. The molecule has 9 nitrogen and oxygen atoms in total. The van der Waals surface area contributed by atoms with Gasteiger partial charge in [-0.15, -0.1) is 0 Å². The van der Waals surface area contributed by atoms with Gasteiger partial charge in [0.25, 0.3) is 5.91 Å². The lowest BCUT2D eigenvalue weighted by molar-refractivity contribution is -0.150. The summed E-state index contributed by atoms with van der Waals surface area (Å²) in [4.78, 5) is 43.7. The largest absolute Gasteiger partial charge is 0.380 e. The van der Waals surface area contributed by atoms with Gasteiger partial charge in [-0.05, 0) is 58.4 Å². The predicted octanol–water partition coefficient (Wildman–Crippen LogP) is 2.13. The molecule has 3 fully saturated rings. The van der Waals surface area contributed by atoms with Crippen LogP contribution in [0.1, 0.15) is 74.5 Å². The van der Waals surface area contributed by atoms with E-state index < -0.39 is 11.5 Å². The summed E-state index contributed by atoms with van der Waals surface area (Å²) >= 11 is 0. The number of carbonyl (C=O) groups excluding carboxylic acids is 3. The van der Waals surface area contributed by atoms with E-state index in [4.69, 9.17) is 4.74 Å². The van der Waals surface area contributed by atoms with E-state index in [1.165, 1.54) is 0 Å². The quantitative estimate of drug-likeness (QED) is 0.710. The number of piperidine rings is 1. The smallest absolute Gasteiger partial charge is 0.272 e. The lowest BCUT2D eigenvalue weighted by atomic mass is 9.73. The molecule has 1 atom stereocenters. The molecule has 1 aromatic rings. The summed E-state index contributed by atoms with van der Waals surface area (Å²) in [5.41, 5.74) is 0.942. The van der Waals surface area contributed by atoms with Gasteiger partial charge in [-0.2, -0.15) is 5.10 Å². The van der Waals surface area contributed by atoms with E-state index in [0.29, 0.717) is 70.9 Å². The van der Waals surface area contributed by atoms with Crippen LogP contribution in [0.4, 0.5) is 0 Å². The van der Waals surface area contributed by atoms with Crippen LogP contribution in [0.5, 0.6) is 0 Å². The third kappa shape index (κ3) is 5.14. The number of nitrogens with zero attached hydrogens (tertiary/aromatic N) is 4. The molecule has 0 aromatic carbocycles. The van der Waals surface area contributed by atoms with E-state index in [2.05, 4.69) is 10.4 Å². The van der Waals surface area contributed by atoms with Gasteiger partial charge in [0.2, 0.25) is 11.8 Å². The second kappa shape index (κ2) is 10.9. The van der Waals surface area contributed by atoms with Gasteiger partial charge in [0.1, 0.15) is 11.7 Å². The molecule has 3 saturated heterocycles. The molecule has 9 heteroatoms. The first-order valence-corrected chi connectivity index (χ1v) is 13.0. The topological polar surface area (TPSA) is 96.8 Å². The Morgan fingerprint density at radius 1 is 1.12 bits per heavy atom. The number of carbonyl (C=O) groups is 3. The number of ether oxygens (including phenoxy) is 1. The SMILES string of the molecule is CCn1nc(C)cc1C(=O)N1CCC2(CCCCCOCCNC(=O)[C@@H]3CCCN3C2=O)CC1. The van der Waals surface area contributed by atoms with Crippen molar-refractivity contribution in [2.45, 2.75) is 77.8 Å². The zero-order chi connectivity index (χ0) is 24.1. The zero-order valence-corrected chi connectivity index (χ0v) is 20.7. The van der Waals surface area contributed by atoms with Gasteiger partial charge in [0.15, 0.2) is 0 Å². The second-order valence-corrected chi connectivity index (χ2v) is 9.93. The molecule has 0 unspecified atom stereocenters. The molecule has 1 N–H and O–H groups in total.